The lowest BCUT2D eigenvalue weighted by molar-refractivity contribution is -0.164. The Kier molecular flexibility index (Phi) is 5.68. The van der Waals surface area contributed by atoms with E-state index in [1.807, 2.05) is 0 Å². The van der Waals surface area contributed by atoms with E-state index in [-0.39, 0.29) is 34.7 Å². The Labute approximate surface area is 195 Å². The van der Waals surface area contributed by atoms with Crippen LogP contribution in [0, 0.1) is 5.82 Å². The smallest absolute Gasteiger partial charge is 0.410 e. The van der Waals surface area contributed by atoms with Gasteiger partial charge in [-0.25, -0.2) is 9.07 Å². The average Bonchev–Trinajstić information content (AvgIpc) is 3.14. The van der Waals surface area contributed by atoms with Gasteiger partial charge in [-0.2, -0.15) is 18.3 Å². The van der Waals surface area contributed by atoms with E-state index in [4.69, 9.17) is 20.3 Å². The molecule has 1 unspecified atom stereocenters. The fourth-order valence-corrected chi connectivity index (χ4v) is 3.15. The molecule has 12 heteroatoms. The number of amides is 2. The number of alkyl halides is 3. The Morgan fingerprint density at radius 1 is 1.24 bits per heavy atom. The van der Waals surface area contributed by atoms with Crippen LogP contribution in [0.25, 0.3) is 11.3 Å². The maximum Gasteiger partial charge on any atom is 0.410 e. The van der Waals surface area contributed by atoms with Crippen molar-refractivity contribution in [1.82, 2.24) is 15.1 Å². The average molecular weight is 482 g/mol. The maximum atomic E-state index is 13.7. The number of nitrogens with one attached hydrogen (secondary N) is 1. The van der Waals surface area contributed by atoms with Crippen LogP contribution in [0.1, 0.15) is 43.4 Å². The Morgan fingerprint density at radius 2 is 1.91 bits per heavy atom. The second-order valence-corrected chi connectivity index (χ2v) is 7.26. The van der Waals surface area contributed by atoms with Gasteiger partial charge in [0.15, 0.2) is 0 Å². The van der Waals surface area contributed by atoms with Gasteiger partial charge in [0, 0.05) is 12.1 Å². The summed E-state index contributed by atoms with van der Waals surface area (Å²) in [5.74, 6) is -3.53. The summed E-state index contributed by atoms with van der Waals surface area (Å²) < 4.78 is 80.0. The predicted molar refractivity (Wildman–Crippen MR) is 115 cm³/mol. The van der Waals surface area contributed by atoms with Crippen LogP contribution in [0.15, 0.2) is 42.5 Å². The number of carbonyl (C=O) groups is 2. The van der Waals surface area contributed by atoms with Crippen LogP contribution < -0.4 is 21.5 Å². The van der Waals surface area contributed by atoms with Gasteiger partial charge >= 0.3 is 6.18 Å². The van der Waals surface area contributed by atoms with Crippen LogP contribution in [-0.2, 0) is 6.54 Å². The highest BCUT2D eigenvalue weighted by atomic mass is 19.4. The normalized spacial score (nSPS) is 14.0. The Balaban J connectivity index is 1.82. The van der Waals surface area contributed by atoms with Gasteiger partial charge in [-0.15, -0.1) is 0 Å². The van der Waals surface area contributed by atoms with E-state index < -0.39 is 42.7 Å². The number of methoxy groups -OCH3 is 1. The number of nitrogens with zero attached hydrogens (tertiary/aromatic N) is 2. The van der Waals surface area contributed by atoms with Crippen molar-refractivity contribution in [2.24, 2.45) is 5.73 Å². The summed E-state index contributed by atoms with van der Waals surface area (Å²) in [4.78, 5) is 24.5. The molecule has 0 radical (unpaired) electrons. The third-order valence-corrected chi connectivity index (χ3v) is 5.01. The largest absolute Gasteiger partial charge is 0.496 e. The maximum absolute atomic E-state index is 13.7. The number of hydrogen-bond donors (Lipinski definition) is 3. The van der Waals surface area contributed by atoms with Gasteiger partial charge < -0.3 is 21.5 Å². The van der Waals surface area contributed by atoms with E-state index in [2.05, 4.69) is 10.4 Å². The van der Waals surface area contributed by atoms with Crippen LogP contribution in [0.3, 0.4) is 0 Å². The van der Waals surface area contributed by atoms with Crippen molar-refractivity contribution in [2.75, 3.05) is 12.8 Å². The van der Waals surface area contributed by atoms with Gasteiger partial charge in [0.1, 0.15) is 34.7 Å². The molecule has 3 aromatic rings. The Bertz CT molecular complexity index is 1320. The molecule has 0 aliphatic rings. The molecule has 3 rings (SSSR count). The number of carbonyl (C=O) groups excluding carboxylic acids is 2. The zero-order valence-electron chi connectivity index (χ0n) is 20.6. The third-order valence-electron chi connectivity index (χ3n) is 5.01. The number of anilines is 1. The van der Waals surface area contributed by atoms with Crippen molar-refractivity contribution in [2.45, 2.75) is 25.7 Å². The summed E-state index contributed by atoms with van der Waals surface area (Å²) in [6, 6.07) is 6.53. The van der Waals surface area contributed by atoms with Crippen molar-refractivity contribution in [3.05, 3.63) is 65.0 Å². The first-order valence-corrected chi connectivity index (χ1v) is 9.69. The third kappa shape index (κ3) is 4.95. The lowest BCUT2D eigenvalue weighted by atomic mass is 10.0. The number of aromatic nitrogens is 2. The standard InChI is InChI=1S/C22H21F4N5O3/c1-11(22(24,25)26)31-19(27)17(20(28)32)18(30-31)13-5-3-12(4-6-13)10-29-21(33)15-9-14(23)7-8-16(15)34-2/h3-9,11H,10,27H2,1-2H3,(H2,28,32)(H,29,33)/i2D3. The van der Waals surface area contributed by atoms with E-state index in [0.717, 1.165) is 25.1 Å². The summed E-state index contributed by atoms with van der Waals surface area (Å²) in [6.45, 7) is 0.740. The predicted octanol–water partition coefficient (Wildman–Crippen LogP) is 3.43. The van der Waals surface area contributed by atoms with E-state index in [0.29, 0.717) is 10.2 Å². The summed E-state index contributed by atoms with van der Waals surface area (Å²) in [5.41, 5.74) is 11.0. The highest BCUT2D eigenvalue weighted by Crippen LogP contribution is 2.35. The topological polar surface area (TPSA) is 125 Å². The highest BCUT2D eigenvalue weighted by molar-refractivity contribution is 6.03. The molecule has 2 aromatic carbocycles. The molecule has 34 heavy (non-hydrogen) atoms. The number of nitrogens with two attached hydrogens (primary N) is 2. The number of halogens is 4. The lowest BCUT2D eigenvalue weighted by Crippen LogP contribution is -2.26. The van der Waals surface area contributed by atoms with Gasteiger partial charge in [-0.3, -0.25) is 9.59 Å². The lowest BCUT2D eigenvalue weighted by Gasteiger charge is -2.17. The number of ether oxygens (including phenoxy) is 1. The van der Waals surface area contributed by atoms with Crippen LogP contribution in [0.5, 0.6) is 5.75 Å². The first-order chi connectivity index (χ1) is 17.1. The van der Waals surface area contributed by atoms with Crippen LogP contribution >= 0.6 is 0 Å². The molecule has 2 amide bonds. The van der Waals surface area contributed by atoms with E-state index >= 15 is 0 Å². The van der Waals surface area contributed by atoms with Crippen molar-refractivity contribution >= 4 is 17.6 Å². The first kappa shape index (κ1) is 20.5. The molecule has 0 bridgehead atoms. The minimum absolute atomic E-state index is 0.0901. The number of rotatable bonds is 7. The van der Waals surface area contributed by atoms with Crippen molar-refractivity contribution in [1.29, 1.82) is 0 Å². The van der Waals surface area contributed by atoms with E-state index in [9.17, 15) is 27.2 Å². The number of hydrogen-bond acceptors (Lipinski definition) is 5. The molecule has 0 aliphatic heterocycles. The molecule has 0 saturated heterocycles. The molecule has 8 nitrogen and oxygen atoms in total. The number of benzene rings is 2. The summed E-state index contributed by atoms with van der Waals surface area (Å²) in [6.07, 6.45) is -4.68. The summed E-state index contributed by atoms with van der Waals surface area (Å²) >= 11 is 0. The molecular weight excluding hydrogens is 458 g/mol. The summed E-state index contributed by atoms with van der Waals surface area (Å²) in [7, 11) is -2.86. The van der Waals surface area contributed by atoms with Crippen molar-refractivity contribution in [3.8, 4) is 17.0 Å². The minimum Gasteiger partial charge on any atom is -0.496 e. The SMILES string of the molecule is [2H]C([2H])([2H])Oc1ccc(F)cc1C(=O)NCc1ccc(-c2nn(C(C)C(F)(F)F)c(N)c2C(N)=O)cc1. The molecule has 1 heterocycles. The number of nitrogen functional groups attached to an aromatic ring is 1. The second-order valence-electron chi connectivity index (χ2n) is 7.26. The van der Waals surface area contributed by atoms with Gasteiger partial charge in [0.2, 0.25) is 0 Å². The monoisotopic (exact) mass is 482 g/mol. The molecule has 1 atom stereocenters. The van der Waals surface area contributed by atoms with Gasteiger partial charge in [0.25, 0.3) is 11.8 Å². The van der Waals surface area contributed by atoms with E-state index in [1.54, 1.807) is 0 Å². The molecule has 0 saturated carbocycles. The molecule has 5 N–H and O–H groups in total. The fraction of sp³-hybridized carbons (Fsp3) is 0.227. The van der Waals surface area contributed by atoms with Gasteiger partial charge in [-0.05, 0) is 30.7 Å². The Morgan fingerprint density at radius 3 is 2.50 bits per heavy atom. The zero-order valence-corrected chi connectivity index (χ0v) is 17.6. The highest BCUT2D eigenvalue weighted by Gasteiger charge is 2.40. The minimum atomic E-state index is -4.68. The van der Waals surface area contributed by atoms with Gasteiger partial charge in [0.05, 0.1) is 16.7 Å². The molecule has 1 aromatic heterocycles. The van der Waals surface area contributed by atoms with Crippen molar-refractivity contribution in [3.63, 3.8) is 0 Å². The van der Waals surface area contributed by atoms with Crippen LogP contribution in [-0.4, -0.2) is 34.8 Å². The molecular formula is C22H21F4N5O3. The second kappa shape index (κ2) is 9.41. The number of primary amides is 1. The molecule has 0 aliphatic carbocycles. The molecule has 0 fully saturated rings. The van der Waals surface area contributed by atoms with E-state index in [1.165, 1.54) is 24.3 Å². The first-order valence-electron chi connectivity index (χ1n) is 11.2. The van der Waals surface area contributed by atoms with Crippen LogP contribution in [0.2, 0.25) is 0 Å². The zero-order chi connectivity index (χ0) is 27.7. The van der Waals surface area contributed by atoms with Crippen molar-refractivity contribution < 1.29 is 36.0 Å². The molecule has 180 valence electrons. The fourth-order valence-electron chi connectivity index (χ4n) is 3.15. The van der Waals surface area contributed by atoms with Gasteiger partial charge in [-0.1, -0.05) is 24.3 Å². The summed E-state index contributed by atoms with van der Waals surface area (Å²) in [5, 5.41) is 6.36. The quantitative estimate of drug-likeness (QED) is 0.445. The Hall–Kier alpha value is -4.09. The van der Waals surface area contributed by atoms with Crippen LogP contribution in [0.4, 0.5) is 23.4 Å². The molecule has 0 spiro atoms.